The molecule has 0 saturated carbocycles. The van der Waals surface area contributed by atoms with E-state index < -0.39 is 5.82 Å². The summed E-state index contributed by atoms with van der Waals surface area (Å²) in [5.41, 5.74) is 0.633. The van der Waals surface area contributed by atoms with E-state index in [2.05, 4.69) is 0 Å². The molecule has 0 aliphatic carbocycles. The smallest absolute Gasteiger partial charge is 0.168 e. The lowest BCUT2D eigenvalue weighted by molar-refractivity contribution is 0.0992. The molecule has 0 N–H and O–H groups in total. The van der Waals surface area contributed by atoms with Crippen LogP contribution in [0.25, 0.3) is 0 Å². The summed E-state index contributed by atoms with van der Waals surface area (Å²) in [6.07, 6.45) is -0.0261. The fourth-order valence-corrected chi connectivity index (χ4v) is 2.42. The van der Waals surface area contributed by atoms with Gasteiger partial charge in [-0.25, -0.2) is 4.39 Å². The number of hydrogen-bond donors (Lipinski definition) is 0. The van der Waals surface area contributed by atoms with Gasteiger partial charge in [-0.05, 0) is 35.9 Å². The Morgan fingerprint density at radius 1 is 1.00 bits per heavy atom. The zero-order valence-corrected chi connectivity index (χ0v) is 11.9. The molecule has 0 aliphatic rings. The van der Waals surface area contributed by atoms with Gasteiger partial charge in [-0.1, -0.05) is 40.9 Å². The summed E-state index contributed by atoms with van der Waals surface area (Å²) in [6.45, 7) is 0. The molecule has 0 amide bonds. The van der Waals surface area contributed by atoms with Crippen LogP contribution in [-0.2, 0) is 6.42 Å². The Balaban J connectivity index is 2.34. The molecular weight excluding hydrogens is 310 g/mol. The standard InChI is InChI=1S/C14H8Cl3FO/c15-11-2-1-3-12(16)9(11)7-14(19)10-6-8(18)4-5-13(10)17/h1-6H,7H2. The zero-order valence-electron chi connectivity index (χ0n) is 9.59. The molecule has 2 aromatic carbocycles. The molecule has 0 unspecified atom stereocenters. The van der Waals surface area contributed by atoms with Crippen LogP contribution in [0.5, 0.6) is 0 Å². The van der Waals surface area contributed by atoms with E-state index in [0.717, 1.165) is 6.07 Å². The third-order valence-corrected chi connectivity index (χ3v) is 3.67. The maximum Gasteiger partial charge on any atom is 0.168 e. The van der Waals surface area contributed by atoms with E-state index in [1.165, 1.54) is 12.1 Å². The molecule has 2 aromatic rings. The van der Waals surface area contributed by atoms with Gasteiger partial charge in [0, 0.05) is 22.0 Å². The van der Waals surface area contributed by atoms with Crippen LogP contribution in [0.3, 0.4) is 0 Å². The molecule has 0 aliphatic heterocycles. The second kappa shape index (κ2) is 5.91. The lowest BCUT2D eigenvalue weighted by atomic mass is 10.0. The van der Waals surface area contributed by atoms with Crippen molar-refractivity contribution in [3.63, 3.8) is 0 Å². The monoisotopic (exact) mass is 316 g/mol. The van der Waals surface area contributed by atoms with Crippen LogP contribution in [0, 0.1) is 5.82 Å². The van der Waals surface area contributed by atoms with E-state index in [-0.39, 0.29) is 22.8 Å². The molecule has 2 rings (SSSR count). The van der Waals surface area contributed by atoms with Gasteiger partial charge in [-0.2, -0.15) is 0 Å². The Kier molecular flexibility index (Phi) is 4.46. The zero-order chi connectivity index (χ0) is 14.0. The Bertz CT molecular complexity index is 620. The van der Waals surface area contributed by atoms with Crippen molar-refractivity contribution in [3.05, 3.63) is 68.4 Å². The highest BCUT2D eigenvalue weighted by molar-refractivity contribution is 6.37. The van der Waals surface area contributed by atoms with Crippen LogP contribution in [0.1, 0.15) is 15.9 Å². The largest absolute Gasteiger partial charge is 0.294 e. The molecule has 98 valence electrons. The summed E-state index contributed by atoms with van der Waals surface area (Å²) in [5, 5.41) is 0.997. The Hall–Kier alpha value is -1.09. The molecule has 0 fully saturated rings. The van der Waals surface area contributed by atoms with Crippen LogP contribution in [0.4, 0.5) is 4.39 Å². The van der Waals surface area contributed by atoms with Gasteiger partial charge >= 0.3 is 0 Å². The minimum atomic E-state index is -0.516. The molecule has 5 heteroatoms. The number of ketones is 1. The molecule has 0 heterocycles. The highest BCUT2D eigenvalue weighted by Crippen LogP contribution is 2.27. The number of Topliss-reactive ketones (excluding diaryl/α,β-unsaturated/α-hetero) is 1. The molecular formula is C14H8Cl3FO. The minimum Gasteiger partial charge on any atom is -0.294 e. The van der Waals surface area contributed by atoms with Gasteiger partial charge in [0.2, 0.25) is 0 Å². The van der Waals surface area contributed by atoms with E-state index in [4.69, 9.17) is 34.8 Å². The Labute approximate surface area is 124 Å². The predicted molar refractivity (Wildman–Crippen MR) is 75.9 cm³/mol. The average molecular weight is 318 g/mol. The average Bonchev–Trinajstić information content (AvgIpc) is 2.37. The van der Waals surface area contributed by atoms with Crippen molar-refractivity contribution in [3.8, 4) is 0 Å². The van der Waals surface area contributed by atoms with Gasteiger partial charge < -0.3 is 0 Å². The molecule has 0 saturated heterocycles. The second-order valence-electron chi connectivity index (χ2n) is 3.92. The molecule has 0 radical (unpaired) electrons. The number of carbonyl (C=O) groups excluding carboxylic acids is 1. The summed E-state index contributed by atoms with van der Waals surface area (Å²) in [6, 6.07) is 8.62. The highest BCUT2D eigenvalue weighted by Gasteiger charge is 2.15. The van der Waals surface area contributed by atoms with Crippen molar-refractivity contribution < 1.29 is 9.18 Å². The predicted octanol–water partition coefficient (Wildman–Crippen LogP) is 5.21. The number of rotatable bonds is 3. The van der Waals surface area contributed by atoms with Crippen LogP contribution in [-0.4, -0.2) is 5.78 Å². The van der Waals surface area contributed by atoms with Crippen molar-refractivity contribution in [2.24, 2.45) is 0 Å². The molecule has 0 spiro atoms. The molecule has 0 aromatic heterocycles. The fourth-order valence-electron chi connectivity index (χ4n) is 1.67. The maximum absolute atomic E-state index is 13.1. The van der Waals surface area contributed by atoms with Crippen molar-refractivity contribution in [1.82, 2.24) is 0 Å². The van der Waals surface area contributed by atoms with Gasteiger partial charge in [0.1, 0.15) is 5.82 Å². The van der Waals surface area contributed by atoms with E-state index >= 15 is 0 Å². The third kappa shape index (κ3) is 3.27. The second-order valence-corrected chi connectivity index (χ2v) is 5.15. The minimum absolute atomic E-state index is 0.0261. The topological polar surface area (TPSA) is 17.1 Å². The highest BCUT2D eigenvalue weighted by atomic mass is 35.5. The van der Waals surface area contributed by atoms with Crippen molar-refractivity contribution in [2.45, 2.75) is 6.42 Å². The summed E-state index contributed by atoms with van der Waals surface area (Å²) >= 11 is 17.9. The summed E-state index contributed by atoms with van der Waals surface area (Å²) < 4.78 is 13.1. The quantitative estimate of drug-likeness (QED) is 0.710. The van der Waals surface area contributed by atoms with Crippen molar-refractivity contribution in [2.75, 3.05) is 0 Å². The number of halogens is 4. The summed E-state index contributed by atoms with van der Waals surface area (Å²) in [5.74, 6) is -0.850. The van der Waals surface area contributed by atoms with Crippen molar-refractivity contribution >= 4 is 40.6 Å². The van der Waals surface area contributed by atoms with E-state index in [9.17, 15) is 9.18 Å². The SMILES string of the molecule is O=C(Cc1c(Cl)cccc1Cl)c1cc(F)ccc1Cl. The fraction of sp³-hybridized carbons (Fsp3) is 0.0714. The van der Waals surface area contributed by atoms with Gasteiger partial charge in [-0.15, -0.1) is 0 Å². The van der Waals surface area contributed by atoms with Crippen LogP contribution >= 0.6 is 34.8 Å². The van der Waals surface area contributed by atoms with Gasteiger partial charge in [-0.3, -0.25) is 4.79 Å². The van der Waals surface area contributed by atoms with Gasteiger partial charge in [0.05, 0.1) is 5.02 Å². The normalized spacial score (nSPS) is 10.5. The first-order chi connectivity index (χ1) is 8.99. The van der Waals surface area contributed by atoms with E-state index in [1.54, 1.807) is 18.2 Å². The first-order valence-electron chi connectivity index (χ1n) is 5.40. The molecule has 1 nitrogen and oxygen atoms in total. The first kappa shape index (κ1) is 14.3. The molecule has 19 heavy (non-hydrogen) atoms. The maximum atomic E-state index is 13.1. The van der Waals surface area contributed by atoms with E-state index in [1.807, 2.05) is 0 Å². The van der Waals surface area contributed by atoms with Crippen LogP contribution < -0.4 is 0 Å². The van der Waals surface area contributed by atoms with E-state index in [0.29, 0.717) is 15.6 Å². The number of carbonyl (C=O) groups is 1. The third-order valence-electron chi connectivity index (χ3n) is 2.63. The molecule has 0 atom stereocenters. The summed E-state index contributed by atoms with van der Waals surface area (Å²) in [7, 11) is 0. The van der Waals surface area contributed by atoms with Crippen molar-refractivity contribution in [1.29, 1.82) is 0 Å². The van der Waals surface area contributed by atoms with Crippen LogP contribution in [0.2, 0.25) is 15.1 Å². The summed E-state index contributed by atoms with van der Waals surface area (Å²) in [4.78, 5) is 12.1. The van der Waals surface area contributed by atoms with Crippen LogP contribution in [0.15, 0.2) is 36.4 Å². The Morgan fingerprint density at radius 3 is 2.26 bits per heavy atom. The number of hydrogen-bond acceptors (Lipinski definition) is 1. The lowest BCUT2D eigenvalue weighted by Gasteiger charge is -2.07. The Morgan fingerprint density at radius 2 is 1.63 bits per heavy atom. The first-order valence-corrected chi connectivity index (χ1v) is 6.53. The van der Waals surface area contributed by atoms with Gasteiger partial charge in [0.15, 0.2) is 5.78 Å². The number of benzene rings is 2. The molecule has 0 bridgehead atoms. The lowest BCUT2D eigenvalue weighted by Crippen LogP contribution is -2.06. The van der Waals surface area contributed by atoms with Gasteiger partial charge in [0.25, 0.3) is 0 Å².